The number of carbonyl (C=O) groups is 1. The highest BCUT2D eigenvalue weighted by Gasteiger charge is 2.48. The lowest BCUT2D eigenvalue weighted by Gasteiger charge is -2.26. The molecule has 2 aliphatic heterocycles. The Labute approximate surface area is 111 Å². The molecule has 0 radical (unpaired) electrons. The second-order valence-corrected chi connectivity index (χ2v) is 5.85. The van der Waals surface area contributed by atoms with Gasteiger partial charge in [0.1, 0.15) is 5.40 Å². The van der Waals surface area contributed by atoms with Crippen LogP contribution in [-0.4, -0.2) is 18.2 Å². The fourth-order valence-corrected chi connectivity index (χ4v) is 3.66. The normalized spacial score (nSPS) is 24.9. The van der Waals surface area contributed by atoms with E-state index in [1.54, 1.807) is 0 Å². The third-order valence-corrected chi connectivity index (χ3v) is 4.81. The molecule has 3 rings (SSSR count). The van der Waals surface area contributed by atoms with Gasteiger partial charge < -0.3 is 4.90 Å². The lowest BCUT2D eigenvalue weighted by Crippen LogP contribution is -2.41. The fraction of sp³-hybridized carbons (Fsp3) is 0.429. The number of amides is 1. The molecule has 4 heteroatoms. The maximum atomic E-state index is 12.6. The first-order valence-corrected chi connectivity index (χ1v) is 7.12. The van der Waals surface area contributed by atoms with E-state index < -0.39 is 5.41 Å². The van der Waals surface area contributed by atoms with E-state index >= 15 is 0 Å². The van der Waals surface area contributed by atoms with Gasteiger partial charge in [-0.1, -0.05) is 18.2 Å². The largest absolute Gasteiger partial charge is 0.311 e. The number of para-hydroxylation sites is 1. The Morgan fingerprint density at radius 2 is 2.39 bits per heavy atom. The smallest absolute Gasteiger partial charge is 0.238 e. The minimum atomic E-state index is -0.532. The molecule has 1 unspecified atom stereocenters. The van der Waals surface area contributed by atoms with Crippen LogP contribution in [0.1, 0.15) is 24.5 Å². The average molecular weight is 258 g/mol. The minimum Gasteiger partial charge on any atom is -0.311 e. The zero-order chi connectivity index (χ0) is 12.8. The molecule has 1 amide bonds. The van der Waals surface area contributed by atoms with Crippen LogP contribution in [0.25, 0.3) is 0 Å². The summed E-state index contributed by atoms with van der Waals surface area (Å²) in [6.45, 7) is 2.78. The Morgan fingerprint density at radius 3 is 3.17 bits per heavy atom. The van der Waals surface area contributed by atoms with Crippen LogP contribution < -0.4 is 4.90 Å². The van der Waals surface area contributed by atoms with Crippen molar-refractivity contribution in [1.82, 2.24) is 0 Å². The van der Waals surface area contributed by atoms with Crippen molar-refractivity contribution in [2.45, 2.75) is 25.2 Å². The van der Waals surface area contributed by atoms with E-state index in [2.05, 4.69) is 11.5 Å². The summed E-state index contributed by atoms with van der Waals surface area (Å²) in [5.74, 6) is 0.697. The van der Waals surface area contributed by atoms with Crippen molar-refractivity contribution in [2.24, 2.45) is 0 Å². The van der Waals surface area contributed by atoms with Gasteiger partial charge in [0.15, 0.2) is 0 Å². The molecule has 0 bridgehead atoms. The predicted octanol–water partition coefficient (Wildman–Crippen LogP) is 2.45. The molecule has 0 aromatic heterocycles. The summed E-state index contributed by atoms with van der Waals surface area (Å²) in [6, 6.07) is 6.19. The second kappa shape index (κ2) is 4.03. The summed E-state index contributed by atoms with van der Waals surface area (Å²) in [6.07, 6.45) is 2.08. The summed E-state index contributed by atoms with van der Waals surface area (Å²) in [4.78, 5) is 14.5. The summed E-state index contributed by atoms with van der Waals surface area (Å²) >= 11 is 1.17. The highest BCUT2D eigenvalue weighted by molar-refractivity contribution is 8.03. The van der Waals surface area contributed by atoms with Gasteiger partial charge in [-0.05, 0) is 42.7 Å². The van der Waals surface area contributed by atoms with Gasteiger partial charge >= 0.3 is 0 Å². The van der Waals surface area contributed by atoms with E-state index in [1.807, 2.05) is 24.0 Å². The third-order valence-electron chi connectivity index (χ3n) is 3.95. The van der Waals surface area contributed by atoms with Gasteiger partial charge in [0.05, 0.1) is 11.1 Å². The zero-order valence-electron chi connectivity index (χ0n) is 10.3. The van der Waals surface area contributed by atoms with Crippen LogP contribution in [-0.2, 0) is 16.6 Å². The van der Waals surface area contributed by atoms with Crippen LogP contribution >= 0.6 is 11.8 Å². The Morgan fingerprint density at radius 1 is 1.56 bits per heavy atom. The molecule has 3 nitrogen and oxygen atoms in total. The average Bonchev–Trinajstić information content (AvgIpc) is 2.62. The number of thioether (sulfide) groups is 1. The van der Waals surface area contributed by atoms with Gasteiger partial charge in [-0.3, -0.25) is 4.79 Å². The zero-order valence-corrected chi connectivity index (χ0v) is 11.1. The molecular formula is C14H14N2OS. The molecule has 0 fully saturated rings. The van der Waals surface area contributed by atoms with Crippen LogP contribution in [0.15, 0.2) is 18.2 Å². The number of hydrogen-bond acceptors (Lipinski definition) is 3. The van der Waals surface area contributed by atoms with E-state index in [0.29, 0.717) is 5.75 Å². The van der Waals surface area contributed by atoms with Crippen molar-refractivity contribution in [3.63, 3.8) is 0 Å². The molecule has 1 aromatic rings. The summed E-state index contributed by atoms with van der Waals surface area (Å²) in [7, 11) is 0. The molecule has 0 aliphatic carbocycles. The van der Waals surface area contributed by atoms with E-state index in [4.69, 9.17) is 5.26 Å². The third kappa shape index (κ3) is 1.40. The molecule has 0 saturated heterocycles. The number of carbonyl (C=O) groups excluding carboxylic acids is 1. The van der Waals surface area contributed by atoms with E-state index in [1.165, 1.54) is 17.3 Å². The van der Waals surface area contributed by atoms with Crippen molar-refractivity contribution in [3.05, 3.63) is 29.3 Å². The summed E-state index contributed by atoms with van der Waals surface area (Å²) in [5, 5.41) is 10.8. The molecule has 1 atom stereocenters. The van der Waals surface area contributed by atoms with Crippen LogP contribution in [0, 0.1) is 10.7 Å². The molecule has 0 N–H and O–H groups in total. The number of nitrogens with zero attached hydrogens (tertiary/aromatic N) is 2. The molecule has 2 heterocycles. The second-order valence-electron chi connectivity index (χ2n) is 5.09. The van der Waals surface area contributed by atoms with Crippen LogP contribution in [0.3, 0.4) is 0 Å². The van der Waals surface area contributed by atoms with Crippen molar-refractivity contribution in [3.8, 4) is 5.40 Å². The molecule has 2 aliphatic rings. The molecule has 0 spiro atoms. The predicted molar refractivity (Wildman–Crippen MR) is 72.5 cm³/mol. The number of benzene rings is 1. The lowest BCUT2D eigenvalue weighted by molar-refractivity contribution is -0.122. The summed E-state index contributed by atoms with van der Waals surface area (Å²) < 4.78 is 0. The highest BCUT2D eigenvalue weighted by atomic mass is 32.2. The van der Waals surface area contributed by atoms with E-state index in [0.717, 1.165) is 30.6 Å². The SMILES string of the molecule is CC1(CSC#N)C(=O)N2CCCc3cccc1c32. The maximum absolute atomic E-state index is 12.6. The molecular weight excluding hydrogens is 244 g/mol. The summed E-state index contributed by atoms with van der Waals surface area (Å²) in [5.41, 5.74) is 2.97. The number of anilines is 1. The van der Waals surface area contributed by atoms with Crippen LogP contribution in [0.5, 0.6) is 0 Å². The first-order valence-electron chi connectivity index (χ1n) is 6.14. The topological polar surface area (TPSA) is 44.1 Å². The number of thiocyanates is 1. The minimum absolute atomic E-state index is 0.160. The van der Waals surface area contributed by atoms with Gasteiger partial charge in [0, 0.05) is 12.3 Å². The van der Waals surface area contributed by atoms with Crippen LogP contribution in [0.4, 0.5) is 5.69 Å². The van der Waals surface area contributed by atoms with Crippen molar-refractivity contribution in [1.29, 1.82) is 5.26 Å². The molecule has 92 valence electrons. The van der Waals surface area contributed by atoms with Gasteiger partial charge in [-0.25, -0.2) is 0 Å². The van der Waals surface area contributed by atoms with E-state index in [9.17, 15) is 4.79 Å². The van der Waals surface area contributed by atoms with Gasteiger partial charge in [0.25, 0.3) is 0 Å². The fourth-order valence-electron chi connectivity index (χ4n) is 3.03. The first kappa shape index (κ1) is 11.6. The Bertz CT molecular complexity index is 563. The molecule has 18 heavy (non-hydrogen) atoms. The van der Waals surface area contributed by atoms with Gasteiger partial charge in [0.2, 0.25) is 5.91 Å². The van der Waals surface area contributed by atoms with Crippen molar-refractivity contribution in [2.75, 3.05) is 17.2 Å². The maximum Gasteiger partial charge on any atom is 0.238 e. The lowest BCUT2D eigenvalue weighted by atomic mass is 9.85. The van der Waals surface area contributed by atoms with E-state index in [-0.39, 0.29) is 5.91 Å². The molecule has 1 aromatic carbocycles. The Balaban J connectivity index is 2.14. The monoisotopic (exact) mass is 258 g/mol. The first-order chi connectivity index (χ1) is 8.68. The number of nitriles is 1. The number of aryl methyl sites for hydroxylation is 1. The number of hydrogen-bond donors (Lipinski definition) is 0. The van der Waals surface area contributed by atoms with Crippen molar-refractivity contribution < 1.29 is 4.79 Å². The van der Waals surface area contributed by atoms with Crippen LogP contribution in [0.2, 0.25) is 0 Å². The number of rotatable bonds is 2. The standard InChI is InChI=1S/C14H14N2OS/c1-14(8-18-9-15)11-6-2-4-10-5-3-7-16(12(10)11)13(14)17/h2,4,6H,3,5,7-8H2,1H3. The van der Waals surface area contributed by atoms with Gasteiger partial charge in [-0.2, -0.15) is 5.26 Å². The highest BCUT2D eigenvalue weighted by Crippen LogP contribution is 2.47. The quantitative estimate of drug-likeness (QED) is 0.765. The van der Waals surface area contributed by atoms with Crippen molar-refractivity contribution >= 4 is 23.4 Å². The Kier molecular flexibility index (Phi) is 2.60. The Hall–Kier alpha value is -1.47. The molecule has 0 saturated carbocycles. The van der Waals surface area contributed by atoms with Gasteiger partial charge in [-0.15, -0.1) is 0 Å².